The van der Waals surface area contributed by atoms with E-state index in [2.05, 4.69) is 0 Å². The van der Waals surface area contributed by atoms with E-state index >= 15 is 0 Å². The minimum absolute atomic E-state index is 0.539. The maximum absolute atomic E-state index is 13.6. The van der Waals surface area contributed by atoms with Gasteiger partial charge in [-0.1, -0.05) is 30.3 Å². The van der Waals surface area contributed by atoms with Crippen LogP contribution in [0.25, 0.3) is 0 Å². The summed E-state index contributed by atoms with van der Waals surface area (Å²) in [5.41, 5.74) is 6.24. The van der Waals surface area contributed by atoms with Crippen molar-refractivity contribution < 1.29 is 8.78 Å². The van der Waals surface area contributed by atoms with Crippen LogP contribution >= 0.6 is 0 Å². The summed E-state index contributed by atoms with van der Waals surface area (Å²) < 4.78 is 27.3. The number of likely N-dealkylation sites (tertiary alicyclic amines) is 1. The summed E-state index contributed by atoms with van der Waals surface area (Å²) >= 11 is 0. The van der Waals surface area contributed by atoms with Crippen LogP contribution in [0, 0.1) is 0 Å². The molecule has 1 aliphatic rings. The second kappa shape index (κ2) is 5.10. The van der Waals surface area contributed by atoms with E-state index in [-0.39, 0.29) is 0 Å². The van der Waals surface area contributed by atoms with E-state index in [1.807, 2.05) is 35.2 Å². The van der Waals surface area contributed by atoms with Crippen LogP contribution < -0.4 is 5.73 Å². The summed E-state index contributed by atoms with van der Waals surface area (Å²) in [5.74, 6) is -2.77. The molecule has 1 atom stereocenters. The highest BCUT2D eigenvalue weighted by atomic mass is 19.3. The number of nitrogens with zero attached hydrogens (tertiary/aromatic N) is 1. The Morgan fingerprint density at radius 3 is 2.65 bits per heavy atom. The van der Waals surface area contributed by atoms with Crippen molar-refractivity contribution in [1.82, 2.24) is 4.90 Å². The Morgan fingerprint density at radius 1 is 1.29 bits per heavy atom. The van der Waals surface area contributed by atoms with Crippen molar-refractivity contribution in [2.45, 2.75) is 31.4 Å². The van der Waals surface area contributed by atoms with Crippen molar-refractivity contribution in [2.24, 2.45) is 5.73 Å². The van der Waals surface area contributed by atoms with Gasteiger partial charge in [0.05, 0.1) is 12.6 Å². The molecule has 2 nitrogen and oxygen atoms in total. The van der Waals surface area contributed by atoms with Gasteiger partial charge in [0.2, 0.25) is 0 Å². The lowest BCUT2D eigenvalue weighted by Crippen LogP contribution is -2.47. The van der Waals surface area contributed by atoms with Gasteiger partial charge in [-0.3, -0.25) is 4.90 Å². The van der Waals surface area contributed by atoms with Gasteiger partial charge in [-0.05, 0) is 24.9 Å². The third-order valence-electron chi connectivity index (χ3n) is 3.35. The van der Waals surface area contributed by atoms with Crippen LogP contribution in [-0.2, 0) is 6.54 Å². The monoisotopic (exact) mass is 240 g/mol. The first-order valence-electron chi connectivity index (χ1n) is 5.99. The van der Waals surface area contributed by atoms with Crippen molar-refractivity contribution in [3.8, 4) is 0 Å². The van der Waals surface area contributed by atoms with Crippen molar-refractivity contribution >= 4 is 0 Å². The molecule has 0 spiro atoms. The fraction of sp³-hybridized carbons (Fsp3) is 0.538. The topological polar surface area (TPSA) is 29.3 Å². The Bertz CT molecular complexity index is 354. The summed E-state index contributed by atoms with van der Waals surface area (Å²) in [7, 11) is 0. The van der Waals surface area contributed by atoms with Gasteiger partial charge in [0.1, 0.15) is 0 Å². The molecule has 2 rings (SSSR count). The largest absolute Gasteiger partial charge is 0.325 e. The second-order valence-electron chi connectivity index (χ2n) is 4.58. The first kappa shape index (κ1) is 12.5. The average Bonchev–Trinajstić information content (AvgIpc) is 2.79. The Kier molecular flexibility index (Phi) is 3.74. The fourth-order valence-corrected chi connectivity index (χ4v) is 2.45. The minimum Gasteiger partial charge on any atom is -0.325 e. The van der Waals surface area contributed by atoms with E-state index in [1.54, 1.807) is 0 Å². The molecular weight excluding hydrogens is 222 g/mol. The Hall–Kier alpha value is -1.00. The predicted molar refractivity (Wildman–Crippen MR) is 63.9 cm³/mol. The highest BCUT2D eigenvalue weighted by Crippen LogP contribution is 2.31. The van der Waals surface area contributed by atoms with Gasteiger partial charge in [0.25, 0.3) is 5.92 Å². The van der Waals surface area contributed by atoms with E-state index in [0.717, 1.165) is 18.5 Å². The van der Waals surface area contributed by atoms with Crippen molar-refractivity contribution in [2.75, 3.05) is 13.1 Å². The second-order valence-corrected chi connectivity index (χ2v) is 4.58. The van der Waals surface area contributed by atoms with Crippen LogP contribution in [0.5, 0.6) is 0 Å². The molecular formula is C13H18F2N2. The molecule has 0 bridgehead atoms. The number of hydrogen-bond acceptors (Lipinski definition) is 2. The molecule has 1 heterocycles. The molecule has 17 heavy (non-hydrogen) atoms. The van der Waals surface area contributed by atoms with Crippen LogP contribution in [-0.4, -0.2) is 30.0 Å². The molecule has 0 amide bonds. The number of alkyl halides is 2. The lowest BCUT2D eigenvalue weighted by Gasteiger charge is -2.30. The zero-order chi connectivity index (χ0) is 12.3. The number of rotatable bonds is 4. The zero-order valence-electron chi connectivity index (χ0n) is 9.78. The molecule has 0 radical (unpaired) electrons. The molecule has 2 N–H and O–H groups in total. The molecule has 1 aliphatic heterocycles. The summed E-state index contributed by atoms with van der Waals surface area (Å²) in [6.45, 7) is 0.749. The van der Waals surface area contributed by atoms with Crippen LogP contribution in [0.2, 0.25) is 0 Å². The van der Waals surface area contributed by atoms with Crippen LogP contribution in [0.1, 0.15) is 18.4 Å². The van der Waals surface area contributed by atoms with E-state index in [1.165, 1.54) is 0 Å². The molecule has 1 aromatic rings. The van der Waals surface area contributed by atoms with Crippen molar-refractivity contribution in [3.63, 3.8) is 0 Å². The van der Waals surface area contributed by atoms with Crippen LogP contribution in [0.4, 0.5) is 8.78 Å². The Balaban J connectivity index is 2.06. The van der Waals surface area contributed by atoms with Crippen LogP contribution in [0.3, 0.4) is 0 Å². The molecule has 0 aromatic heterocycles. The van der Waals surface area contributed by atoms with E-state index in [9.17, 15) is 8.78 Å². The van der Waals surface area contributed by atoms with Crippen LogP contribution in [0.15, 0.2) is 30.3 Å². The van der Waals surface area contributed by atoms with Gasteiger partial charge in [0, 0.05) is 6.54 Å². The summed E-state index contributed by atoms with van der Waals surface area (Å²) in [6, 6.07) is 9.03. The first-order valence-corrected chi connectivity index (χ1v) is 5.99. The molecule has 1 fully saturated rings. The molecule has 1 unspecified atom stereocenters. The lowest BCUT2D eigenvalue weighted by molar-refractivity contribution is -0.0625. The van der Waals surface area contributed by atoms with Gasteiger partial charge in [0.15, 0.2) is 0 Å². The molecule has 4 heteroatoms. The van der Waals surface area contributed by atoms with E-state index in [4.69, 9.17) is 5.73 Å². The Morgan fingerprint density at radius 2 is 2.00 bits per heavy atom. The molecule has 1 aromatic carbocycles. The quantitative estimate of drug-likeness (QED) is 0.874. The number of nitrogens with two attached hydrogens (primary N) is 1. The van der Waals surface area contributed by atoms with E-state index in [0.29, 0.717) is 13.0 Å². The maximum Gasteiger partial charge on any atom is 0.275 e. The third-order valence-corrected chi connectivity index (χ3v) is 3.35. The third kappa shape index (κ3) is 2.82. The summed E-state index contributed by atoms with van der Waals surface area (Å²) in [6.07, 6.45) is 1.37. The number of halogens is 2. The highest BCUT2D eigenvalue weighted by molar-refractivity contribution is 5.15. The number of benzene rings is 1. The predicted octanol–water partition coefficient (Wildman–Crippen LogP) is 2.25. The smallest absolute Gasteiger partial charge is 0.275 e. The van der Waals surface area contributed by atoms with Gasteiger partial charge >= 0.3 is 0 Å². The summed E-state index contributed by atoms with van der Waals surface area (Å²) in [5, 5.41) is 0. The number of hydrogen-bond donors (Lipinski definition) is 1. The highest BCUT2D eigenvalue weighted by Gasteiger charge is 2.43. The van der Waals surface area contributed by atoms with Crippen molar-refractivity contribution in [3.05, 3.63) is 35.9 Å². The summed E-state index contributed by atoms with van der Waals surface area (Å²) in [4.78, 5) is 1.85. The van der Waals surface area contributed by atoms with Gasteiger partial charge in [-0.15, -0.1) is 0 Å². The van der Waals surface area contributed by atoms with Crippen molar-refractivity contribution in [1.29, 1.82) is 0 Å². The molecule has 0 saturated carbocycles. The first-order chi connectivity index (χ1) is 8.13. The average molecular weight is 240 g/mol. The lowest BCUT2D eigenvalue weighted by atomic mass is 10.1. The SMILES string of the molecule is NCC(F)(F)C1CCCN1Cc1ccccc1. The normalized spacial score (nSPS) is 21.9. The van der Waals surface area contributed by atoms with Gasteiger partial charge in [-0.25, -0.2) is 8.78 Å². The minimum atomic E-state index is -2.77. The van der Waals surface area contributed by atoms with Gasteiger partial charge < -0.3 is 5.73 Å². The molecule has 94 valence electrons. The standard InChI is InChI=1S/C13H18F2N2/c14-13(15,10-16)12-7-4-8-17(12)9-11-5-2-1-3-6-11/h1-3,5-6,12H,4,7-10,16H2. The Labute approximate surface area is 100 Å². The zero-order valence-corrected chi connectivity index (χ0v) is 9.78. The maximum atomic E-state index is 13.6. The van der Waals surface area contributed by atoms with E-state index < -0.39 is 18.5 Å². The fourth-order valence-electron chi connectivity index (χ4n) is 2.45. The molecule has 0 aliphatic carbocycles. The van der Waals surface area contributed by atoms with Gasteiger partial charge in [-0.2, -0.15) is 0 Å². The molecule has 1 saturated heterocycles.